The predicted molar refractivity (Wildman–Crippen MR) is 90.9 cm³/mol. The lowest BCUT2D eigenvalue weighted by Gasteiger charge is -2.25. The van der Waals surface area contributed by atoms with Gasteiger partial charge in [-0.3, -0.25) is 4.79 Å². The molecular weight excluding hydrogens is 334 g/mol. The maximum Gasteiger partial charge on any atom is 0.237 e. The van der Waals surface area contributed by atoms with Gasteiger partial charge in [-0.1, -0.05) is 6.07 Å². The Kier molecular flexibility index (Phi) is 3.28. The number of fused-ring (bicyclic) bond motifs is 2. The molecule has 23 heavy (non-hydrogen) atoms. The van der Waals surface area contributed by atoms with Crippen molar-refractivity contribution in [3.8, 4) is 11.3 Å². The summed E-state index contributed by atoms with van der Waals surface area (Å²) in [5.74, 6) is 0.545. The molecule has 0 saturated carbocycles. The Labute approximate surface area is 141 Å². The van der Waals surface area contributed by atoms with E-state index in [0.717, 1.165) is 16.1 Å². The molecule has 3 aromatic rings. The Morgan fingerprint density at radius 2 is 2.09 bits per heavy atom. The van der Waals surface area contributed by atoms with Gasteiger partial charge < -0.3 is 9.47 Å². The second kappa shape index (κ2) is 5.21. The lowest BCUT2D eigenvalue weighted by molar-refractivity contribution is -0.116. The average molecular weight is 346 g/mol. The Balaban J connectivity index is 1.91. The number of hydrogen-bond acceptors (Lipinski definition) is 5. The summed E-state index contributed by atoms with van der Waals surface area (Å²) in [6.45, 7) is 0. The SMILES string of the molecule is CN1C(=O)CSc2cc(-c3nc(Cl)nc4c3ncn4C)ccc21. The van der Waals surface area contributed by atoms with Crippen molar-refractivity contribution in [2.45, 2.75) is 4.90 Å². The van der Waals surface area contributed by atoms with E-state index >= 15 is 0 Å². The minimum atomic E-state index is 0.104. The van der Waals surface area contributed by atoms with E-state index in [-0.39, 0.29) is 11.2 Å². The maximum atomic E-state index is 11.8. The van der Waals surface area contributed by atoms with Gasteiger partial charge in [0.1, 0.15) is 11.2 Å². The van der Waals surface area contributed by atoms with Crippen molar-refractivity contribution >= 4 is 46.1 Å². The van der Waals surface area contributed by atoms with E-state index in [2.05, 4.69) is 15.0 Å². The topological polar surface area (TPSA) is 63.9 Å². The number of aromatic nitrogens is 4. The van der Waals surface area contributed by atoms with Crippen molar-refractivity contribution in [2.75, 3.05) is 17.7 Å². The van der Waals surface area contributed by atoms with Crippen molar-refractivity contribution < 1.29 is 4.79 Å². The summed E-state index contributed by atoms with van der Waals surface area (Å²) < 4.78 is 1.81. The van der Waals surface area contributed by atoms with E-state index in [1.165, 1.54) is 11.8 Å². The normalized spacial score (nSPS) is 14.4. The number of imidazole rings is 1. The Morgan fingerprint density at radius 3 is 2.91 bits per heavy atom. The first-order chi connectivity index (χ1) is 11.0. The lowest BCUT2D eigenvalue weighted by atomic mass is 10.1. The van der Waals surface area contributed by atoms with Gasteiger partial charge in [0.25, 0.3) is 0 Å². The molecule has 0 fully saturated rings. The summed E-state index contributed by atoms with van der Waals surface area (Å²) in [6.07, 6.45) is 1.69. The Bertz CT molecular complexity index is 954. The summed E-state index contributed by atoms with van der Waals surface area (Å²) in [5, 5.41) is 0.189. The highest BCUT2D eigenvalue weighted by atomic mass is 35.5. The van der Waals surface area contributed by atoms with Crippen LogP contribution in [0.25, 0.3) is 22.4 Å². The van der Waals surface area contributed by atoms with Gasteiger partial charge in [0.05, 0.1) is 17.8 Å². The van der Waals surface area contributed by atoms with Crippen LogP contribution in [-0.2, 0) is 11.8 Å². The summed E-state index contributed by atoms with van der Waals surface area (Å²) in [7, 11) is 3.66. The van der Waals surface area contributed by atoms with Crippen molar-refractivity contribution in [3.63, 3.8) is 0 Å². The molecule has 0 atom stereocenters. The van der Waals surface area contributed by atoms with E-state index < -0.39 is 0 Å². The van der Waals surface area contributed by atoms with Gasteiger partial charge in [-0.2, -0.15) is 4.98 Å². The number of aryl methyl sites for hydroxylation is 1. The third-order valence-electron chi connectivity index (χ3n) is 3.85. The number of hydrogen-bond donors (Lipinski definition) is 0. The minimum absolute atomic E-state index is 0.104. The van der Waals surface area contributed by atoms with Crippen LogP contribution in [0.1, 0.15) is 0 Å². The van der Waals surface area contributed by atoms with Gasteiger partial charge in [0.2, 0.25) is 11.2 Å². The Morgan fingerprint density at radius 1 is 1.26 bits per heavy atom. The third kappa shape index (κ3) is 2.27. The molecule has 3 heterocycles. The number of halogens is 1. The van der Waals surface area contributed by atoms with Gasteiger partial charge in [-0.05, 0) is 23.7 Å². The standard InChI is InChI=1S/C15H12ClN5OS/c1-20-7-17-13-12(18-15(16)19-14(13)20)8-3-4-9-10(5-8)23-6-11(22)21(9)2/h3-5,7H,6H2,1-2H3. The first-order valence-electron chi connectivity index (χ1n) is 6.93. The monoisotopic (exact) mass is 345 g/mol. The predicted octanol–water partition coefficient (Wildman–Crippen LogP) is 2.75. The molecule has 1 aliphatic heterocycles. The number of benzene rings is 1. The first kappa shape index (κ1) is 14.5. The van der Waals surface area contributed by atoms with Crippen LogP contribution in [0.15, 0.2) is 29.4 Å². The second-order valence-electron chi connectivity index (χ2n) is 5.29. The van der Waals surface area contributed by atoms with E-state index in [4.69, 9.17) is 11.6 Å². The molecule has 0 spiro atoms. The van der Waals surface area contributed by atoms with Gasteiger partial charge >= 0.3 is 0 Å². The van der Waals surface area contributed by atoms with Crippen LogP contribution in [0, 0.1) is 0 Å². The Hall–Kier alpha value is -2.12. The molecule has 0 unspecified atom stereocenters. The van der Waals surface area contributed by atoms with Crippen LogP contribution < -0.4 is 4.90 Å². The zero-order chi connectivity index (χ0) is 16.1. The summed E-state index contributed by atoms with van der Waals surface area (Å²) in [6, 6.07) is 5.89. The molecule has 0 N–H and O–H groups in total. The zero-order valence-corrected chi connectivity index (χ0v) is 14.0. The first-order valence-corrected chi connectivity index (χ1v) is 8.29. The highest BCUT2D eigenvalue weighted by Gasteiger charge is 2.22. The summed E-state index contributed by atoms with van der Waals surface area (Å²) >= 11 is 7.60. The molecule has 0 aliphatic carbocycles. The number of nitrogens with zero attached hydrogens (tertiary/aromatic N) is 5. The summed E-state index contributed by atoms with van der Waals surface area (Å²) in [5.41, 5.74) is 3.92. The number of carbonyl (C=O) groups is 1. The third-order valence-corrected chi connectivity index (χ3v) is 5.05. The van der Waals surface area contributed by atoms with Gasteiger partial charge in [-0.15, -0.1) is 11.8 Å². The van der Waals surface area contributed by atoms with E-state index in [1.54, 1.807) is 18.3 Å². The molecular formula is C15H12ClN5OS. The highest BCUT2D eigenvalue weighted by molar-refractivity contribution is 8.00. The molecule has 4 rings (SSSR count). The van der Waals surface area contributed by atoms with Crippen LogP contribution in [0.4, 0.5) is 5.69 Å². The largest absolute Gasteiger partial charge is 0.318 e. The summed E-state index contributed by atoms with van der Waals surface area (Å²) in [4.78, 5) is 27.5. The van der Waals surface area contributed by atoms with Gasteiger partial charge in [-0.25, -0.2) is 9.97 Å². The van der Waals surface area contributed by atoms with Crippen molar-refractivity contribution in [2.24, 2.45) is 7.05 Å². The average Bonchev–Trinajstić information content (AvgIpc) is 2.91. The van der Waals surface area contributed by atoms with Crippen molar-refractivity contribution in [1.29, 1.82) is 0 Å². The maximum absolute atomic E-state index is 11.8. The highest BCUT2D eigenvalue weighted by Crippen LogP contribution is 2.38. The van der Waals surface area contributed by atoms with Crippen LogP contribution in [0.5, 0.6) is 0 Å². The minimum Gasteiger partial charge on any atom is -0.318 e. The fourth-order valence-electron chi connectivity index (χ4n) is 2.61. The van der Waals surface area contributed by atoms with Crippen LogP contribution in [0.3, 0.4) is 0 Å². The van der Waals surface area contributed by atoms with E-state index in [1.807, 2.05) is 29.8 Å². The fraction of sp³-hybridized carbons (Fsp3) is 0.200. The number of rotatable bonds is 1. The number of amides is 1. The van der Waals surface area contributed by atoms with Crippen molar-refractivity contribution in [3.05, 3.63) is 29.8 Å². The van der Waals surface area contributed by atoms with E-state index in [9.17, 15) is 4.79 Å². The van der Waals surface area contributed by atoms with E-state index in [0.29, 0.717) is 22.6 Å². The fourth-order valence-corrected chi connectivity index (χ4v) is 3.81. The van der Waals surface area contributed by atoms with Crippen LogP contribution in [-0.4, -0.2) is 38.2 Å². The molecule has 116 valence electrons. The number of thioether (sulfide) groups is 1. The molecule has 1 aromatic carbocycles. The molecule has 0 radical (unpaired) electrons. The molecule has 0 saturated heterocycles. The number of carbonyl (C=O) groups excluding carboxylic acids is 1. The van der Waals surface area contributed by atoms with Crippen LogP contribution in [0.2, 0.25) is 5.28 Å². The van der Waals surface area contributed by atoms with Gasteiger partial charge in [0, 0.05) is 24.6 Å². The van der Waals surface area contributed by atoms with Gasteiger partial charge in [0.15, 0.2) is 5.65 Å². The zero-order valence-electron chi connectivity index (χ0n) is 12.4. The molecule has 2 aromatic heterocycles. The number of anilines is 1. The molecule has 1 amide bonds. The molecule has 0 bridgehead atoms. The molecule has 6 nitrogen and oxygen atoms in total. The van der Waals surface area contributed by atoms with Crippen molar-refractivity contribution in [1.82, 2.24) is 19.5 Å². The quantitative estimate of drug-likeness (QED) is 0.634. The second-order valence-corrected chi connectivity index (χ2v) is 6.65. The lowest BCUT2D eigenvalue weighted by Crippen LogP contribution is -2.31. The molecule has 1 aliphatic rings. The molecule has 8 heteroatoms. The smallest absolute Gasteiger partial charge is 0.237 e. The van der Waals surface area contributed by atoms with Crippen LogP contribution >= 0.6 is 23.4 Å².